The topological polar surface area (TPSA) is 59.0 Å². The molecular weight excluding hydrogens is 354 g/mol. The summed E-state index contributed by atoms with van der Waals surface area (Å²) < 4.78 is 11.2. The summed E-state index contributed by atoms with van der Waals surface area (Å²) in [5.41, 5.74) is 0. The van der Waals surface area contributed by atoms with Gasteiger partial charge in [-0.2, -0.15) is 0 Å². The summed E-state index contributed by atoms with van der Waals surface area (Å²) in [6.07, 6.45) is 7.41. The molecule has 28 heavy (non-hydrogen) atoms. The number of likely N-dealkylation sites (tertiary alicyclic amines) is 1. The Morgan fingerprint density at radius 2 is 1.68 bits per heavy atom. The molecule has 1 N–H and O–H groups in total. The van der Waals surface area contributed by atoms with E-state index in [0.29, 0.717) is 24.4 Å². The molecule has 0 saturated carbocycles. The highest BCUT2D eigenvalue weighted by Crippen LogP contribution is 2.22. The SMILES string of the molecule is CC.CCCC[C@@H](OC(=O)CCCN1CCC(OC)CC1)C(C)C(C)C.CO. The summed E-state index contributed by atoms with van der Waals surface area (Å²) in [5, 5.41) is 7.00. The zero-order valence-electron chi connectivity index (χ0n) is 20.0. The number of aliphatic hydroxyl groups excluding tert-OH is 1. The van der Waals surface area contributed by atoms with Crippen molar-refractivity contribution in [2.45, 2.75) is 98.7 Å². The Hall–Kier alpha value is -0.650. The first-order valence-electron chi connectivity index (χ1n) is 11.4. The highest BCUT2D eigenvalue weighted by Gasteiger charge is 2.24. The molecule has 5 nitrogen and oxygen atoms in total. The van der Waals surface area contributed by atoms with Crippen LogP contribution in [-0.4, -0.2) is 62.0 Å². The molecule has 2 atom stereocenters. The first-order chi connectivity index (χ1) is 13.5. The van der Waals surface area contributed by atoms with Crippen molar-refractivity contribution in [1.29, 1.82) is 0 Å². The number of esters is 1. The third kappa shape index (κ3) is 13.5. The second-order valence-corrected chi connectivity index (χ2v) is 7.65. The number of hydrogen-bond donors (Lipinski definition) is 1. The molecule has 0 amide bonds. The molecule has 0 aromatic heterocycles. The van der Waals surface area contributed by atoms with Crippen LogP contribution in [0.5, 0.6) is 0 Å². The van der Waals surface area contributed by atoms with Crippen molar-refractivity contribution < 1.29 is 19.4 Å². The van der Waals surface area contributed by atoms with Crippen LogP contribution in [0.4, 0.5) is 0 Å². The maximum absolute atomic E-state index is 12.2. The molecule has 170 valence electrons. The lowest BCUT2D eigenvalue weighted by atomic mass is 9.89. The molecular formula is C23H49NO4. The maximum atomic E-state index is 12.2. The summed E-state index contributed by atoms with van der Waals surface area (Å²) in [4.78, 5) is 14.7. The van der Waals surface area contributed by atoms with Crippen LogP contribution in [0.15, 0.2) is 0 Å². The monoisotopic (exact) mass is 403 g/mol. The Kier molecular flexibility index (Phi) is 20.7. The van der Waals surface area contributed by atoms with Crippen molar-refractivity contribution in [3.05, 3.63) is 0 Å². The zero-order valence-corrected chi connectivity index (χ0v) is 20.0. The van der Waals surface area contributed by atoms with Crippen molar-refractivity contribution in [3.8, 4) is 0 Å². The average Bonchev–Trinajstić information content (AvgIpc) is 2.73. The lowest BCUT2D eigenvalue weighted by molar-refractivity contribution is -0.153. The summed E-state index contributed by atoms with van der Waals surface area (Å²) in [6.45, 7) is 16.0. The van der Waals surface area contributed by atoms with E-state index in [1.807, 2.05) is 13.8 Å². The van der Waals surface area contributed by atoms with E-state index in [9.17, 15) is 4.79 Å². The van der Waals surface area contributed by atoms with Gasteiger partial charge in [-0.15, -0.1) is 0 Å². The van der Waals surface area contributed by atoms with Crippen molar-refractivity contribution >= 4 is 5.97 Å². The summed E-state index contributed by atoms with van der Waals surface area (Å²) in [7, 11) is 2.80. The van der Waals surface area contributed by atoms with E-state index in [4.69, 9.17) is 14.6 Å². The van der Waals surface area contributed by atoms with Gasteiger partial charge in [0.05, 0.1) is 6.10 Å². The smallest absolute Gasteiger partial charge is 0.306 e. The highest BCUT2D eigenvalue weighted by molar-refractivity contribution is 5.69. The number of piperidine rings is 1. The molecule has 1 aliphatic heterocycles. The minimum atomic E-state index is -0.0182. The number of unbranched alkanes of at least 4 members (excludes halogenated alkanes) is 1. The van der Waals surface area contributed by atoms with Gasteiger partial charge in [0.2, 0.25) is 0 Å². The first kappa shape index (κ1) is 29.6. The molecule has 1 fully saturated rings. The molecule has 0 aliphatic carbocycles. The van der Waals surface area contributed by atoms with E-state index >= 15 is 0 Å². The molecule has 1 saturated heterocycles. The number of carbonyl (C=O) groups excluding carboxylic acids is 1. The largest absolute Gasteiger partial charge is 0.462 e. The minimum Gasteiger partial charge on any atom is -0.462 e. The van der Waals surface area contributed by atoms with Gasteiger partial charge in [0.15, 0.2) is 0 Å². The van der Waals surface area contributed by atoms with Gasteiger partial charge < -0.3 is 19.5 Å². The molecule has 0 radical (unpaired) electrons. The van der Waals surface area contributed by atoms with Crippen LogP contribution in [0.2, 0.25) is 0 Å². The number of ether oxygens (including phenoxy) is 2. The number of hydrogen-bond acceptors (Lipinski definition) is 5. The van der Waals surface area contributed by atoms with Gasteiger partial charge >= 0.3 is 5.97 Å². The van der Waals surface area contributed by atoms with Crippen LogP contribution in [0.25, 0.3) is 0 Å². The third-order valence-electron chi connectivity index (χ3n) is 5.49. The van der Waals surface area contributed by atoms with Crippen molar-refractivity contribution in [1.82, 2.24) is 4.90 Å². The van der Waals surface area contributed by atoms with Crippen LogP contribution >= 0.6 is 0 Å². The number of methoxy groups -OCH3 is 1. The van der Waals surface area contributed by atoms with Gasteiger partial charge in [-0.1, -0.05) is 54.4 Å². The standard InChI is InChI=1S/C20H39NO3.C2H6.CH4O/c1-6-7-9-19(17(4)16(2)3)24-20(22)10-8-13-21-14-11-18(23-5)12-15-21;2*1-2/h16-19H,6-15H2,1-5H3;1-2H3;2H,1H3/t17?,19-;;/m1../s1. The zero-order chi connectivity index (χ0) is 21.9. The fourth-order valence-electron chi connectivity index (χ4n) is 3.31. The molecule has 1 unspecified atom stereocenters. The quantitative estimate of drug-likeness (QED) is 0.497. The Morgan fingerprint density at radius 1 is 1.11 bits per heavy atom. The van der Waals surface area contributed by atoms with Crippen molar-refractivity contribution in [2.24, 2.45) is 11.8 Å². The predicted octanol–water partition coefficient (Wildman–Crippen LogP) is 4.91. The van der Waals surface area contributed by atoms with Crippen LogP contribution in [0.1, 0.15) is 86.5 Å². The molecule has 0 aromatic carbocycles. The van der Waals surface area contributed by atoms with E-state index in [1.54, 1.807) is 7.11 Å². The Labute approximate surface area is 175 Å². The summed E-state index contributed by atoms with van der Waals surface area (Å²) in [5.74, 6) is 0.950. The lowest BCUT2D eigenvalue weighted by Gasteiger charge is -2.31. The Morgan fingerprint density at radius 3 is 2.14 bits per heavy atom. The van der Waals surface area contributed by atoms with Crippen LogP contribution in [0.3, 0.4) is 0 Å². The van der Waals surface area contributed by atoms with Gasteiger partial charge in [-0.05, 0) is 44.1 Å². The molecule has 1 rings (SSSR count). The number of aliphatic hydroxyl groups is 1. The lowest BCUT2D eigenvalue weighted by Crippen LogP contribution is -2.37. The molecule has 5 heteroatoms. The van der Waals surface area contributed by atoms with E-state index in [-0.39, 0.29) is 12.1 Å². The van der Waals surface area contributed by atoms with E-state index in [2.05, 4.69) is 32.6 Å². The molecule has 1 heterocycles. The van der Waals surface area contributed by atoms with E-state index in [0.717, 1.165) is 65.3 Å². The minimum absolute atomic E-state index is 0.0182. The second kappa shape index (κ2) is 19.7. The fourth-order valence-corrected chi connectivity index (χ4v) is 3.31. The van der Waals surface area contributed by atoms with Gasteiger partial charge in [0.1, 0.15) is 6.10 Å². The first-order valence-corrected chi connectivity index (χ1v) is 11.4. The normalized spacial score (nSPS) is 17.1. The summed E-state index contributed by atoms with van der Waals surface area (Å²) in [6, 6.07) is 0. The predicted molar refractivity (Wildman–Crippen MR) is 119 cm³/mol. The van der Waals surface area contributed by atoms with Crippen LogP contribution in [-0.2, 0) is 14.3 Å². The number of rotatable bonds is 11. The van der Waals surface area contributed by atoms with Crippen molar-refractivity contribution in [3.63, 3.8) is 0 Å². The fraction of sp³-hybridized carbons (Fsp3) is 0.957. The van der Waals surface area contributed by atoms with Crippen molar-refractivity contribution in [2.75, 3.05) is 33.9 Å². The van der Waals surface area contributed by atoms with Gasteiger partial charge in [0, 0.05) is 33.7 Å². The average molecular weight is 404 g/mol. The van der Waals surface area contributed by atoms with Gasteiger partial charge in [-0.25, -0.2) is 0 Å². The Balaban J connectivity index is 0. The van der Waals surface area contributed by atoms with E-state index < -0.39 is 0 Å². The number of carbonyl (C=O) groups is 1. The third-order valence-corrected chi connectivity index (χ3v) is 5.49. The Bertz CT molecular complexity index is 341. The number of nitrogens with zero attached hydrogens (tertiary/aromatic N) is 1. The molecule has 0 aromatic rings. The van der Waals surface area contributed by atoms with Gasteiger partial charge in [-0.3, -0.25) is 4.79 Å². The molecule has 0 spiro atoms. The van der Waals surface area contributed by atoms with Crippen LogP contribution < -0.4 is 0 Å². The van der Waals surface area contributed by atoms with Crippen LogP contribution in [0, 0.1) is 11.8 Å². The van der Waals surface area contributed by atoms with E-state index in [1.165, 1.54) is 0 Å². The summed E-state index contributed by atoms with van der Waals surface area (Å²) >= 11 is 0. The maximum Gasteiger partial charge on any atom is 0.306 e. The highest BCUT2D eigenvalue weighted by atomic mass is 16.5. The molecule has 1 aliphatic rings. The molecule has 0 bridgehead atoms. The van der Waals surface area contributed by atoms with Gasteiger partial charge in [0.25, 0.3) is 0 Å². The second-order valence-electron chi connectivity index (χ2n) is 7.65.